The Morgan fingerprint density at radius 3 is 2.71 bits per heavy atom. The molecule has 0 saturated heterocycles. The van der Waals surface area contributed by atoms with Crippen LogP contribution in [0.2, 0.25) is 0 Å². The summed E-state index contributed by atoms with van der Waals surface area (Å²) in [5.74, 6) is 0.283. The van der Waals surface area contributed by atoms with E-state index in [1.54, 1.807) is 12.1 Å². The molecule has 0 radical (unpaired) electrons. The molecule has 0 heterocycles. The molecule has 2 nitrogen and oxygen atoms in total. The number of aromatic hydroxyl groups is 1. The zero-order chi connectivity index (χ0) is 10.2. The molecule has 76 valence electrons. The molecule has 1 fully saturated rings. The fraction of sp³-hybridized carbons (Fsp3) is 0.455. The monoisotopic (exact) mass is 256 g/mol. The van der Waals surface area contributed by atoms with Crippen molar-refractivity contribution in [2.45, 2.75) is 31.3 Å². The van der Waals surface area contributed by atoms with Gasteiger partial charge in [-0.1, -0.05) is 15.9 Å². The molecule has 0 spiro atoms. The van der Waals surface area contributed by atoms with Gasteiger partial charge in [0.1, 0.15) is 5.75 Å². The maximum atomic E-state index is 9.67. The van der Waals surface area contributed by atoms with Crippen LogP contribution < -0.4 is 0 Å². The smallest absolute Gasteiger partial charge is 0.115 e. The Labute approximate surface area is 91.7 Å². The van der Waals surface area contributed by atoms with Crippen molar-refractivity contribution in [3.63, 3.8) is 0 Å². The first-order chi connectivity index (χ1) is 6.59. The third-order valence-electron chi connectivity index (χ3n) is 2.72. The Morgan fingerprint density at radius 2 is 2.07 bits per heavy atom. The van der Waals surface area contributed by atoms with Crippen LogP contribution in [0.1, 0.15) is 24.8 Å². The van der Waals surface area contributed by atoms with Gasteiger partial charge in [0.15, 0.2) is 0 Å². The second-order valence-corrected chi connectivity index (χ2v) is 4.85. The molecule has 0 aliphatic heterocycles. The third kappa shape index (κ3) is 2.28. The predicted molar refractivity (Wildman–Crippen MR) is 58.3 cm³/mol. The van der Waals surface area contributed by atoms with Gasteiger partial charge in [0.2, 0.25) is 0 Å². The van der Waals surface area contributed by atoms with Crippen molar-refractivity contribution < 1.29 is 10.2 Å². The second kappa shape index (κ2) is 3.55. The lowest BCUT2D eigenvalue weighted by molar-refractivity contribution is 0.140. The molecule has 14 heavy (non-hydrogen) atoms. The summed E-state index contributed by atoms with van der Waals surface area (Å²) in [6, 6.07) is 5.23. The average molecular weight is 257 g/mol. The van der Waals surface area contributed by atoms with Crippen LogP contribution in [0.5, 0.6) is 5.75 Å². The van der Waals surface area contributed by atoms with Crippen molar-refractivity contribution >= 4 is 15.9 Å². The molecule has 2 rings (SSSR count). The lowest BCUT2D eigenvalue weighted by Crippen LogP contribution is -2.07. The van der Waals surface area contributed by atoms with Gasteiger partial charge in [-0.2, -0.15) is 0 Å². The summed E-state index contributed by atoms with van der Waals surface area (Å²) in [6.07, 6.45) is 3.44. The lowest BCUT2D eigenvalue weighted by atomic mass is 10.1. The van der Waals surface area contributed by atoms with Gasteiger partial charge in [0.25, 0.3) is 0 Å². The van der Waals surface area contributed by atoms with Crippen molar-refractivity contribution in [3.8, 4) is 5.75 Å². The van der Waals surface area contributed by atoms with E-state index in [0.29, 0.717) is 0 Å². The number of aryl methyl sites for hydroxylation is 1. The fourth-order valence-electron chi connectivity index (χ4n) is 1.51. The first-order valence-electron chi connectivity index (χ1n) is 4.79. The van der Waals surface area contributed by atoms with E-state index >= 15 is 0 Å². The first kappa shape index (κ1) is 9.99. The summed E-state index contributed by atoms with van der Waals surface area (Å²) in [6.45, 7) is 0. The van der Waals surface area contributed by atoms with E-state index in [9.17, 15) is 10.2 Å². The standard InChI is InChI=1S/C11H13BrO2/c12-10-2-1-9(13)7-8(10)3-4-11(14)5-6-11/h1-2,7,13-14H,3-6H2. The second-order valence-electron chi connectivity index (χ2n) is 4.00. The molecule has 1 aliphatic rings. The molecule has 0 amide bonds. The van der Waals surface area contributed by atoms with E-state index in [-0.39, 0.29) is 5.75 Å². The van der Waals surface area contributed by atoms with Crippen molar-refractivity contribution in [2.24, 2.45) is 0 Å². The first-order valence-corrected chi connectivity index (χ1v) is 5.58. The molecule has 0 unspecified atom stereocenters. The minimum atomic E-state index is -0.412. The fourth-order valence-corrected chi connectivity index (χ4v) is 1.96. The zero-order valence-electron chi connectivity index (χ0n) is 7.83. The number of phenolic OH excluding ortho intramolecular Hbond substituents is 1. The van der Waals surface area contributed by atoms with Crippen LogP contribution in [-0.2, 0) is 6.42 Å². The van der Waals surface area contributed by atoms with Crippen molar-refractivity contribution in [1.29, 1.82) is 0 Å². The largest absolute Gasteiger partial charge is 0.508 e. The molecule has 1 aromatic carbocycles. The van der Waals surface area contributed by atoms with Gasteiger partial charge in [0, 0.05) is 4.47 Å². The van der Waals surface area contributed by atoms with Crippen LogP contribution in [-0.4, -0.2) is 15.8 Å². The van der Waals surface area contributed by atoms with Crippen molar-refractivity contribution in [3.05, 3.63) is 28.2 Å². The highest BCUT2D eigenvalue weighted by Gasteiger charge is 2.39. The molecular formula is C11H13BrO2. The highest BCUT2D eigenvalue weighted by atomic mass is 79.9. The summed E-state index contributed by atoms with van der Waals surface area (Å²) in [7, 11) is 0. The molecule has 0 atom stereocenters. The Balaban J connectivity index is 2.04. The predicted octanol–water partition coefficient (Wildman–Crippen LogP) is 2.61. The van der Waals surface area contributed by atoms with Gasteiger partial charge >= 0.3 is 0 Å². The zero-order valence-corrected chi connectivity index (χ0v) is 9.42. The molecule has 1 aromatic rings. The SMILES string of the molecule is Oc1ccc(Br)c(CCC2(O)CC2)c1. The Hall–Kier alpha value is -0.540. The minimum absolute atomic E-state index is 0.283. The number of halogens is 1. The molecule has 1 saturated carbocycles. The number of rotatable bonds is 3. The molecule has 1 aliphatic carbocycles. The van der Waals surface area contributed by atoms with E-state index < -0.39 is 5.60 Å². The highest BCUT2D eigenvalue weighted by molar-refractivity contribution is 9.10. The van der Waals surface area contributed by atoms with Crippen LogP contribution in [0.4, 0.5) is 0 Å². The quantitative estimate of drug-likeness (QED) is 0.873. The van der Waals surface area contributed by atoms with Gasteiger partial charge in [-0.15, -0.1) is 0 Å². The van der Waals surface area contributed by atoms with Crippen molar-refractivity contribution in [1.82, 2.24) is 0 Å². The van der Waals surface area contributed by atoms with Crippen LogP contribution in [0.25, 0.3) is 0 Å². The number of hydrogen-bond acceptors (Lipinski definition) is 2. The van der Waals surface area contributed by atoms with Crippen LogP contribution in [0.15, 0.2) is 22.7 Å². The molecule has 0 bridgehead atoms. The van der Waals surface area contributed by atoms with E-state index in [4.69, 9.17) is 0 Å². The maximum Gasteiger partial charge on any atom is 0.115 e. The maximum absolute atomic E-state index is 9.67. The summed E-state index contributed by atoms with van der Waals surface area (Å²) in [5.41, 5.74) is 0.649. The summed E-state index contributed by atoms with van der Waals surface area (Å²) < 4.78 is 1.000. The van der Waals surface area contributed by atoms with E-state index in [2.05, 4.69) is 15.9 Å². The van der Waals surface area contributed by atoms with E-state index in [0.717, 1.165) is 35.7 Å². The van der Waals surface area contributed by atoms with Gasteiger partial charge in [-0.3, -0.25) is 0 Å². The normalized spacial score (nSPS) is 18.1. The molecular weight excluding hydrogens is 244 g/mol. The summed E-state index contributed by atoms with van der Waals surface area (Å²) in [5, 5.41) is 19.0. The Bertz CT molecular complexity index is 345. The average Bonchev–Trinajstić information content (AvgIpc) is 2.87. The lowest BCUT2D eigenvalue weighted by Gasteiger charge is -2.08. The highest BCUT2D eigenvalue weighted by Crippen LogP contribution is 2.39. The van der Waals surface area contributed by atoms with Crippen LogP contribution >= 0.6 is 15.9 Å². The van der Waals surface area contributed by atoms with Gasteiger partial charge in [-0.25, -0.2) is 0 Å². The summed E-state index contributed by atoms with van der Waals surface area (Å²) >= 11 is 3.43. The van der Waals surface area contributed by atoms with E-state index in [1.807, 2.05) is 6.07 Å². The number of benzene rings is 1. The van der Waals surface area contributed by atoms with E-state index in [1.165, 1.54) is 0 Å². The summed E-state index contributed by atoms with van der Waals surface area (Å²) in [4.78, 5) is 0. The van der Waals surface area contributed by atoms with Gasteiger partial charge < -0.3 is 10.2 Å². The molecule has 2 N–H and O–H groups in total. The van der Waals surface area contributed by atoms with Crippen LogP contribution in [0, 0.1) is 0 Å². The number of phenols is 1. The van der Waals surface area contributed by atoms with Crippen LogP contribution in [0.3, 0.4) is 0 Å². The Morgan fingerprint density at radius 1 is 1.36 bits per heavy atom. The van der Waals surface area contributed by atoms with Gasteiger partial charge in [-0.05, 0) is 49.4 Å². The van der Waals surface area contributed by atoms with Crippen molar-refractivity contribution in [2.75, 3.05) is 0 Å². The minimum Gasteiger partial charge on any atom is -0.508 e. The molecule has 0 aromatic heterocycles. The Kier molecular flexibility index (Phi) is 2.54. The number of hydrogen-bond donors (Lipinski definition) is 2. The number of aliphatic hydroxyl groups is 1. The van der Waals surface area contributed by atoms with Gasteiger partial charge in [0.05, 0.1) is 5.60 Å². The molecule has 3 heteroatoms. The third-order valence-corrected chi connectivity index (χ3v) is 3.49. The topological polar surface area (TPSA) is 40.5 Å².